The van der Waals surface area contributed by atoms with Crippen LogP contribution >= 0.6 is 11.3 Å². The molecule has 5 aromatic rings. The number of ether oxygens (including phenoxy) is 2. The van der Waals surface area contributed by atoms with Gasteiger partial charge in [0.15, 0.2) is 4.80 Å². The minimum Gasteiger partial charge on any atom is -0.491 e. The number of rotatable bonds is 7. The topological polar surface area (TPSA) is 74.8 Å². The van der Waals surface area contributed by atoms with Crippen LogP contribution in [0, 0.1) is 0 Å². The van der Waals surface area contributed by atoms with Crippen molar-refractivity contribution in [3.05, 3.63) is 109 Å². The highest BCUT2D eigenvalue weighted by Crippen LogP contribution is 2.32. The van der Waals surface area contributed by atoms with Gasteiger partial charge in [0.25, 0.3) is 5.56 Å². The van der Waals surface area contributed by atoms with Crippen molar-refractivity contribution in [2.24, 2.45) is 4.99 Å². The maximum absolute atomic E-state index is 14.1. The van der Waals surface area contributed by atoms with Crippen LogP contribution in [-0.4, -0.2) is 27.8 Å². The van der Waals surface area contributed by atoms with Gasteiger partial charge in [-0.2, -0.15) is 0 Å². The Kier molecular flexibility index (Phi) is 7.33. The van der Waals surface area contributed by atoms with E-state index in [0.717, 1.165) is 34.3 Å². The van der Waals surface area contributed by atoms with Crippen LogP contribution in [0.2, 0.25) is 0 Å². The van der Waals surface area contributed by atoms with Crippen LogP contribution in [0.5, 0.6) is 5.75 Å². The smallest absolute Gasteiger partial charge is 0.338 e. The molecular formula is C34H33N3O4S. The number of allylic oxidation sites excluding steroid dienone is 1. The van der Waals surface area contributed by atoms with Gasteiger partial charge >= 0.3 is 5.97 Å². The molecule has 1 aliphatic rings. The number of fused-ring (bicyclic) bond motifs is 4. The van der Waals surface area contributed by atoms with Crippen LogP contribution < -0.4 is 19.6 Å². The minimum atomic E-state index is -0.666. The van der Waals surface area contributed by atoms with E-state index in [1.807, 2.05) is 50.3 Å². The first kappa shape index (κ1) is 27.7. The summed E-state index contributed by atoms with van der Waals surface area (Å²) in [4.78, 5) is 32.5. The zero-order valence-electron chi connectivity index (χ0n) is 24.4. The maximum Gasteiger partial charge on any atom is 0.338 e. The standard InChI is InChI=1S/C34H33N3O4S/c1-6-36-27-11-9-8-10-25(27)26-18-22(12-17-28(26)36)19-29-32(38)37-31(23-13-15-24(16-14-23)41-20(3)4)30(33(39)40-7-2)21(5)35-34(37)42-29/h8-20,31H,6-7H2,1-5H3/b29-19+/t31-/m1/s1. The Balaban J connectivity index is 1.51. The van der Waals surface area contributed by atoms with E-state index in [0.29, 0.717) is 20.6 Å². The van der Waals surface area contributed by atoms with Crippen LogP contribution in [0.1, 0.15) is 51.8 Å². The predicted octanol–water partition coefficient (Wildman–Crippen LogP) is 5.71. The summed E-state index contributed by atoms with van der Waals surface area (Å²) in [5, 5.41) is 2.33. The third-order valence-electron chi connectivity index (χ3n) is 7.50. The molecule has 0 amide bonds. The molecule has 0 unspecified atom stereocenters. The molecule has 3 heterocycles. The summed E-state index contributed by atoms with van der Waals surface area (Å²) in [5.74, 6) is 0.248. The number of aromatic nitrogens is 2. The molecule has 42 heavy (non-hydrogen) atoms. The SMILES string of the molecule is CCOC(=O)C1=C(C)N=c2s/c(=C/c3ccc4c(c3)c3ccccc3n4CC)c(=O)n2[C@@H]1c1ccc(OC(C)C)cc1. The van der Waals surface area contributed by atoms with Gasteiger partial charge in [-0.05, 0) is 82.2 Å². The molecule has 8 heteroatoms. The van der Waals surface area contributed by atoms with E-state index in [1.54, 1.807) is 18.4 Å². The van der Waals surface area contributed by atoms with Gasteiger partial charge in [-0.3, -0.25) is 9.36 Å². The largest absolute Gasteiger partial charge is 0.491 e. The van der Waals surface area contributed by atoms with Gasteiger partial charge in [-0.1, -0.05) is 47.7 Å². The number of benzene rings is 3. The first-order valence-electron chi connectivity index (χ1n) is 14.3. The highest BCUT2D eigenvalue weighted by Gasteiger charge is 2.33. The Morgan fingerprint density at radius 1 is 1.02 bits per heavy atom. The summed E-state index contributed by atoms with van der Waals surface area (Å²) >= 11 is 1.33. The van der Waals surface area contributed by atoms with Gasteiger partial charge in [0, 0.05) is 28.4 Å². The van der Waals surface area contributed by atoms with Crippen molar-refractivity contribution >= 4 is 45.2 Å². The average molecular weight is 580 g/mol. The van der Waals surface area contributed by atoms with Gasteiger partial charge in [0.05, 0.1) is 34.6 Å². The molecular weight excluding hydrogens is 546 g/mol. The number of para-hydroxylation sites is 1. The lowest BCUT2D eigenvalue weighted by Gasteiger charge is -2.25. The highest BCUT2D eigenvalue weighted by atomic mass is 32.1. The maximum atomic E-state index is 14.1. The predicted molar refractivity (Wildman–Crippen MR) is 168 cm³/mol. The zero-order valence-corrected chi connectivity index (χ0v) is 25.2. The number of hydrogen-bond donors (Lipinski definition) is 0. The fourth-order valence-corrected chi connectivity index (χ4v) is 6.81. The number of aryl methyl sites for hydroxylation is 1. The minimum absolute atomic E-state index is 0.0310. The van der Waals surface area contributed by atoms with Crippen molar-refractivity contribution in [1.29, 1.82) is 0 Å². The molecule has 3 aromatic carbocycles. The molecule has 0 fully saturated rings. The first-order valence-corrected chi connectivity index (χ1v) is 15.1. The second kappa shape index (κ2) is 11.1. The Morgan fingerprint density at radius 3 is 2.48 bits per heavy atom. The number of thiazole rings is 1. The Hall–Kier alpha value is -4.43. The zero-order chi connectivity index (χ0) is 29.5. The van der Waals surface area contributed by atoms with E-state index in [1.165, 1.54) is 22.2 Å². The van der Waals surface area contributed by atoms with Crippen LogP contribution in [-0.2, 0) is 16.1 Å². The van der Waals surface area contributed by atoms with Crippen molar-refractivity contribution in [2.75, 3.05) is 6.61 Å². The fourth-order valence-electron chi connectivity index (χ4n) is 5.76. The lowest BCUT2D eigenvalue weighted by atomic mass is 9.96. The van der Waals surface area contributed by atoms with Gasteiger partial charge in [0.1, 0.15) is 5.75 Å². The Bertz CT molecular complexity index is 2040. The van der Waals surface area contributed by atoms with Crippen LogP contribution in [0.25, 0.3) is 27.9 Å². The molecule has 0 bridgehead atoms. The molecule has 0 radical (unpaired) electrons. The molecule has 0 spiro atoms. The summed E-state index contributed by atoms with van der Waals surface area (Å²) in [6, 6.07) is 21.6. The molecule has 0 aliphatic carbocycles. The lowest BCUT2D eigenvalue weighted by molar-refractivity contribution is -0.139. The molecule has 0 saturated carbocycles. The Labute approximate surface area is 247 Å². The van der Waals surface area contributed by atoms with Crippen LogP contribution in [0.4, 0.5) is 0 Å². The molecule has 214 valence electrons. The summed E-state index contributed by atoms with van der Waals surface area (Å²) in [7, 11) is 0. The molecule has 6 rings (SSSR count). The third-order valence-corrected chi connectivity index (χ3v) is 8.48. The molecule has 2 aromatic heterocycles. The van der Waals surface area contributed by atoms with Gasteiger partial charge in [-0.15, -0.1) is 0 Å². The number of esters is 1. The first-order chi connectivity index (χ1) is 20.3. The van der Waals surface area contributed by atoms with Gasteiger partial charge in [0.2, 0.25) is 0 Å². The van der Waals surface area contributed by atoms with E-state index in [9.17, 15) is 9.59 Å². The van der Waals surface area contributed by atoms with E-state index in [2.05, 4.69) is 47.9 Å². The summed E-state index contributed by atoms with van der Waals surface area (Å²) in [5.41, 5.74) is 4.78. The normalized spacial score (nSPS) is 15.4. The fraction of sp³-hybridized carbons (Fsp3) is 0.265. The van der Waals surface area contributed by atoms with Crippen molar-refractivity contribution in [2.45, 2.75) is 53.3 Å². The molecule has 1 aliphatic heterocycles. The van der Waals surface area contributed by atoms with Crippen molar-refractivity contribution in [3.63, 3.8) is 0 Å². The number of carbonyl (C=O) groups excluding carboxylic acids is 1. The molecule has 7 nitrogen and oxygen atoms in total. The third kappa shape index (κ3) is 4.75. The monoisotopic (exact) mass is 579 g/mol. The van der Waals surface area contributed by atoms with Crippen molar-refractivity contribution < 1.29 is 14.3 Å². The number of nitrogens with zero attached hydrogens (tertiary/aromatic N) is 3. The van der Waals surface area contributed by atoms with Gasteiger partial charge in [-0.25, -0.2) is 9.79 Å². The molecule has 0 saturated heterocycles. The average Bonchev–Trinajstić information content (AvgIpc) is 3.45. The second-order valence-corrected chi connectivity index (χ2v) is 11.6. The van der Waals surface area contributed by atoms with Gasteiger partial charge < -0.3 is 14.0 Å². The highest BCUT2D eigenvalue weighted by molar-refractivity contribution is 7.07. The van der Waals surface area contributed by atoms with Crippen LogP contribution in [0.15, 0.2) is 87.8 Å². The van der Waals surface area contributed by atoms with Crippen LogP contribution in [0.3, 0.4) is 0 Å². The number of hydrogen-bond acceptors (Lipinski definition) is 6. The Morgan fingerprint density at radius 2 is 1.76 bits per heavy atom. The van der Waals surface area contributed by atoms with Crippen molar-refractivity contribution in [3.8, 4) is 5.75 Å². The molecule has 1 atom stereocenters. The molecule has 0 N–H and O–H groups in total. The quantitative estimate of drug-likeness (QED) is 0.232. The van der Waals surface area contributed by atoms with Crippen molar-refractivity contribution in [1.82, 2.24) is 9.13 Å². The summed E-state index contributed by atoms with van der Waals surface area (Å²) in [6.07, 6.45) is 1.95. The lowest BCUT2D eigenvalue weighted by Crippen LogP contribution is -2.39. The van der Waals surface area contributed by atoms with E-state index >= 15 is 0 Å². The van der Waals surface area contributed by atoms with E-state index in [-0.39, 0.29) is 18.3 Å². The summed E-state index contributed by atoms with van der Waals surface area (Å²) in [6.45, 7) is 10.7. The second-order valence-electron chi connectivity index (χ2n) is 10.6. The van der Waals surface area contributed by atoms with E-state index in [4.69, 9.17) is 14.5 Å². The van der Waals surface area contributed by atoms with E-state index < -0.39 is 12.0 Å². The summed E-state index contributed by atoms with van der Waals surface area (Å²) < 4.78 is 15.7. The number of carbonyl (C=O) groups is 1.